The summed E-state index contributed by atoms with van der Waals surface area (Å²) in [6, 6.07) is 8.95. The molecule has 0 unspecified atom stereocenters. The predicted molar refractivity (Wildman–Crippen MR) is 124 cm³/mol. The lowest BCUT2D eigenvalue weighted by Gasteiger charge is -2.36. The van der Waals surface area contributed by atoms with Crippen LogP contribution < -0.4 is 10.1 Å². The van der Waals surface area contributed by atoms with Crippen LogP contribution in [0.15, 0.2) is 58.3 Å². The molecule has 33 heavy (non-hydrogen) atoms. The van der Waals surface area contributed by atoms with Crippen molar-refractivity contribution in [2.45, 2.75) is 31.6 Å². The molecule has 2 aliphatic rings. The van der Waals surface area contributed by atoms with Crippen molar-refractivity contribution in [3.8, 4) is 11.5 Å². The van der Waals surface area contributed by atoms with E-state index in [1.165, 1.54) is 25.2 Å². The number of phenols is 1. The van der Waals surface area contributed by atoms with Gasteiger partial charge in [0.25, 0.3) is 0 Å². The molecule has 7 nitrogen and oxygen atoms in total. The summed E-state index contributed by atoms with van der Waals surface area (Å²) in [5, 5.41) is 15.4. The van der Waals surface area contributed by atoms with Gasteiger partial charge in [0.15, 0.2) is 17.3 Å². The van der Waals surface area contributed by atoms with Gasteiger partial charge in [0.2, 0.25) is 0 Å². The van der Waals surface area contributed by atoms with E-state index in [0.29, 0.717) is 35.2 Å². The maximum Gasteiger partial charge on any atom is 0.336 e. The largest absolute Gasteiger partial charge is 0.504 e. The van der Waals surface area contributed by atoms with Gasteiger partial charge in [-0.1, -0.05) is 12.1 Å². The molecule has 1 aromatic carbocycles. The predicted octanol–water partition coefficient (Wildman–Crippen LogP) is 4.01. The Hall–Kier alpha value is -3.10. The van der Waals surface area contributed by atoms with Crippen molar-refractivity contribution in [3.05, 3.63) is 68.7 Å². The summed E-state index contributed by atoms with van der Waals surface area (Å²) in [5.74, 6) is -0.772. The molecule has 0 saturated carbocycles. The van der Waals surface area contributed by atoms with Crippen LogP contribution in [-0.2, 0) is 19.1 Å². The van der Waals surface area contributed by atoms with Crippen molar-refractivity contribution >= 4 is 23.1 Å². The molecular formula is C25H27NO6S. The first-order valence-corrected chi connectivity index (χ1v) is 11.6. The first-order valence-electron chi connectivity index (χ1n) is 10.7. The second-order valence-electron chi connectivity index (χ2n) is 8.09. The molecule has 2 aromatic rings. The van der Waals surface area contributed by atoms with E-state index >= 15 is 0 Å². The fraction of sp³-hybridized carbons (Fsp3) is 0.360. The lowest BCUT2D eigenvalue weighted by molar-refractivity contribution is -0.140. The molecule has 2 atom stereocenters. The maximum atomic E-state index is 13.5. The Morgan fingerprint density at radius 2 is 2.03 bits per heavy atom. The number of rotatable bonds is 7. The second kappa shape index (κ2) is 9.80. The number of allylic oxidation sites excluding steroid dienone is 3. The Morgan fingerprint density at radius 1 is 1.21 bits per heavy atom. The van der Waals surface area contributed by atoms with Crippen LogP contribution in [0.3, 0.4) is 0 Å². The number of hydrogen-bond donors (Lipinski definition) is 2. The van der Waals surface area contributed by atoms with Gasteiger partial charge in [-0.25, -0.2) is 4.79 Å². The number of hydrogen-bond acceptors (Lipinski definition) is 8. The van der Waals surface area contributed by atoms with Crippen LogP contribution >= 0.6 is 11.3 Å². The van der Waals surface area contributed by atoms with Crippen LogP contribution in [-0.4, -0.2) is 44.3 Å². The molecule has 0 amide bonds. The lowest BCUT2D eigenvalue weighted by atomic mass is 9.72. The monoisotopic (exact) mass is 469 g/mol. The minimum atomic E-state index is -0.623. The zero-order valence-electron chi connectivity index (χ0n) is 18.8. The topological polar surface area (TPSA) is 94.1 Å². The number of ether oxygens (including phenoxy) is 3. The number of carbonyl (C=O) groups excluding carboxylic acids is 2. The van der Waals surface area contributed by atoms with E-state index in [1.54, 1.807) is 23.5 Å². The summed E-state index contributed by atoms with van der Waals surface area (Å²) < 4.78 is 15.7. The summed E-state index contributed by atoms with van der Waals surface area (Å²) in [5.41, 5.74) is 3.10. The van der Waals surface area contributed by atoms with Gasteiger partial charge in [-0.05, 0) is 42.5 Å². The Kier molecular flexibility index (Phi) is 6.85. The van der Waals surface area contributed by atoms with Crippen LogP contribution in [0.25, 0.3) is 0 Å². The van der Waals surface area contributed by atoms with Crippen molar-refractivity contribution in [1.82, 2.24) is 5.32 Å². The molecule has 2 heterocycles. The zero-order chi connectivity index (χ0) is 23.5. The minimum Gasteiger partial charge on any atom is -0.504 e. The quantitative estimate of drug-likeness (QED) is 0.467. The van der Waals surface area contributed by atoms with Gasteiger partial charge in [-0.15, -0.1) is 11.3 Å². The number of aromatic hydroxyl groups is 1. The number of benzene rings is 1. The summed E-state index contributed by atoms with van der Waals surface area (Å²) in [4.78, 5) is 27.8. The zero-order valence-corrected chi connectivity index (χ0v) is 19.7. The Labute approximate surface area is 196 Å². The number of carbonyl (C=O) groups is 2. The van der Waals surface area contributed by atoms with Gasteiger partial charge < -0.3 is 24.6 Å². The lowest BCUT2D eigenvalue weighted by Crippen LogP contribution is -2.36. The van der Waals surface area contributed by atoms with E-state index in [-0.39, 0.29) is 36.4 Å². The van der Waals surface area contributed by atoms with Crippen LogP contribution in [0.4, 0.5) is 0 Å². The highest BCUT2D eigenvalue weighted by Crippen LogP contribution is 2.47. The molecule has 1 aliphatic carbocycles. The van der Waals surface area contributed by atoms with Crippen LogP contribution in [0.2, 0.25) is 0 Å². The fourth-order valence-electron chi connectivity index (χ4n) is 4.54. The number of ketones is 1. The highest BCUT2D eigenvalue weighted by atomic mass is 32.1. The third-order valence-corrected chi connectivity index (χ3v) is 7.09. The van der Waals surface area contributed by atoms with Gasteiger partial charge in [0.1, 0.15) is 6.61 Å². The van der Waals surface area contributed by atoms with Crippen molar-refractivity contribution in [1.29, 1.82) is 0 Å². The van der Waals surface area contributed by atoms with E-state index in [9.17, 15) is 14.7 Å². The van der Waals surface area contributed by atoms with Crippen LogP contribution in [0, 0.1) is 0 Å². The van der Waals surface area contributed by atoms with Crippen molar-refractivity contribution in [3.63, 3.8) is 0 Å². The van der Waals surface area contributed by atoms with E-state index in [1.807, 2.05) is 18.4 Å². The van der Waals surface area contributed by atoms with Crippen LogP contribution in [0.5, 0.6) is 11.5 Å². The standard InChI is InChI=1S/C25H27NO6S/c1-14-22(25(29)32-9-8-30-2)23(15-6-7-18(27)20(13-15)31-3)24-17(26-14)11-16(12-19(24)28)21-5-4-10-33-21/h4-7,10,13,16,23,26-27H,8-9,11-12H2,1-3H3/t16-,23+/m1/s1. The third kappa shape index (κ3) is 4.54. The molecule has 2 N–H and O–H groups in total. The molecule has 1 aromatic heterocycles. The van der Waals surface area contributed by atoms with Crippen LogP contribution in [0.1, 0.15) is 42.0 Å². The SMILES string of the molecule is COCCOC(=O)C1=C(C)NC2=C(C(=O)C[C@H](c3cccs3)C2)[C@H]1c1ccc(O)c(OC)c1. The number of dihydropyridines is 1. The average Bonchev–Trinajstić information content (AvgIpc) is 3.33. The molecule has 0 fully saturated rings. The minimum absolute atomic E-state index is 0.00566. The van der Waals surface area contributed by atoms with Gasteiger partial charge >= 0.3 is 5.97 Å². The first-order chi connectivity index (χ1) is 15.9. The summed E-state index contributed by atoms with van der Waals surface area (Å²) >= 11 is 1.65. The highest BCUT2D eigenvalue weighted by Gasteiger charge is 2.41. The number of nitrogens with one attached hydrogen (secondary N) is 1. The van der Waals surface area contributed by atoms with Gasteiger partial charge in [-0.2, -0.15) is 0 Å². The van der Waals surface area contributed by atoms with Gasteiger partial charge in [0, 0.05) is 47.2 Å². The fourth-order valence-corrected chi connectivity index (χ4v) is 5.37. The summed E-state index contributed by atoms with van der Waals surface area (Å²) in [6.07, 6.45) is 1.05. The summed E-state index contributed by atoms with van der Waals surface area (Å²) in [6.45, 7) is 2.21. The molecular weight excluding hydrogens is 442 g/mol. The van der Waals surface area contributed by atoms with E-state index < -0.39 is 11.9 Å². The van der Waals surface area contributed by atoms with Crippen molar-refractivity contribution in [2.75, 3.05) is 27.4 Å². The number of methoxy groups -OCH3 is 2. The molecule has 0 radical (unpaired) electrons. The van der Waals surface area contributed by atoms with E-state index in [2.05, 4.69) is 11.4 Å². The normalized spacial score (nSPS) is 20.4. The number of esters is 1. The average molecular weight is 470 g/mol. The van der Waals surface area contributed by atoms with E-state index in [0.717, 1.165) is 5.70 Å². The molecule has 8 heteroatoms. The van der Waals surface area contributed by atoms with E-state index in [4.69, 9.17) is 14.2 Å². The van der Waals surface area contributed by atoms with Gasteiger partial charge in [-0.3, -0.25) is 4.79 Å². The molecule has 174 valence electrons. The molecule has 0 spiro atoms. The number of Topliss-reactive ketones (excluding diaryl/α,β-unsaturated/α-hetero) is 1. The third-order valence-electron chi connectivity index (χ3n) is 6.05. The smallest absolute Gasteiger partial charge is 0.336 e. The van der Waals surface area contributed by atoms with Crippen molar-refractivity contribution in [2.24, 2.45) is 0 Å². The molecule has 4 rings (SSSR count). The maximum absolute atomic E-state index is 13.5. The second-order valence-corrected chi connectivity index (χ2v) is 9.07. The van der Waals surface area contributed by atoms with Crippen molar-refractivity contribution < 1.29 is 28.9 Å². The molecule has 0 saturated heterocycles. The molecule has 0 bridgehead atoms. The Balaban J connectivity index is 1.79. The summed E-state index contributed by atoms with van der Waals surface area (Å²) in [7, 11) is 3.00. The Bertz CT molecular complexity index is 1120. The molecule has 1 aliphatic heterocycles. The number of thiophene rings is 1. The van der Waals surface area contributed by atoms with Gasteiger partial charge in [0.05, 0.1) is 19.3 Å². The number of phenolic OH excluding ortho intramolecular Hbond substituents is 1. The highest BCUT2D eigenvalue weighted by molar-refractivity contribution is 7.10. The first kappa shape index (κ1) is 23.1. The Morgan fingerprint density at radius 3 is 2.73 bits per heavy atom.